The van der Waals surface area contributed by atoms with Crippen molar-refractivity contribution < 1.29 is 12.3 Å². The van der Waals surface area contributed by atoms with Gasteiger partial charge in [0.1, 0.15) is 0 Å². The molecule has 0 fully saturated rings. The molecule has 0 radical (unpaired) electrons. The summed E-state index contributed by atoms with van der Waals surface area (Å²) < 4.78 is 33.1. The maximum atomic E-state index is 12.3. The van der Waals surface area contributed by atoms with Gasteiger partial charge in [-0.1, -0.05) is 39.0 Å². The van der Waals surface area contributed by atoms with E-state index in [1.54, 1.807) is 0 Å². The number of halogens is 1. The normalized spacial score (nSPS) is 14.4. The Morgan fingerprint density at radius 2 is 1.69 bits per heavy atom. The van der Waals surface area contributed by atoms with Crippen molar-refractivity contribution in [2.75, 3.05) is 0 Å². The van der Waals surface area contributed by atoms with Gasteiger partial charge < -0.3 is 0 Å². The van der Waals surface area contributed by atoms with Gasteiger partial charge in [-0.25, -0.2) is 0 Å². The molecular formula is C9H19FO2S. The second-order valence-corrected chi connectivity index (χ2v) is 5.24. The van der Waals surface area contributed by atoms with Crippen LogP contribution in [0.15, 0.2) is 0 Å². The smallest absolute Gasteiger partial charge is 0.195 e. The fraction of sp³-hybridized carbons (Fsp3) is 1.00. The van der Waals surface area contributed by atoms with Crippen LogP contribution in [-0.2, 0) is 10.2 Å². The van der Waals surface area contributed by atoms with Gasteiger partial charge in [0.05, 0.1) is 5.25 Å². The van der Waals surface area contributed by atoms with Gasteiger partial charge in [0.15, 0.2) is 0 Å². The van der Waals surface area contributed by atoms with Crippen LogP contribution in [-0.4, -0.2) is 13.7 Å². The molecule has 0 bridgehead atoms. The van der Waals surface area contributed by atoms with E-state index in [0.29, 0.717) is 6.42 Å². The molecule has 0 spiro atoms. The molecule has 0 aliphatic rings. The SMILES string of the molecule is CCCCCCCC(C)S(=O)(=O)F. The monoisotopic (exact) mass is 210 g/mol. The van der Waals surface area contributed by atoms with Crippen molar-refractivity contribution in [3.05, 3.63) is 0 Å². The zero-order valence-electron chi connectivity index (χ0n) is 8.42. The molecule has 0 saturated heterocycles. The first-order chi connectivity index (χ1) is 5.98. The lowest BCUT2D eigenvalue weighted by molar-refractivity contribution is 0.521. The van der Waals surface area contributed by atoms with Crippen molar-refractivity contribution in [2.45, 2.75) is 57.6 Å². The molecule has 0 amide bonds. The predicted octanol–water partition coefficient (Wildman–Crippen LogP) is 3.03. The molecule has 0 N–H and O–H groups in total. The number of rotatable bonds is 7. The predicted molar refractivity (Wildman–Crippen MR) is 52.9 cm³/mol. The second-order valence-electron chi connectivity index (χ2n) is 3.49. The molecule has 13 heavy (non-hydrogen) atoms. The minimum Gasteiger partial charge on any atom is -0.195 e. The second kappa shape index (κ2) is 6.35. The van der Waals surface area contributed by atoms with Crippen molar-refractivity contribution in [3.8, 4) is 0 Å². The van der Waals surface area contributed by atoms with Crippen molar-refractivity contribution in [3.63, 3.8) is 0 Å². The van der Waals surface area contributed by atoms with Crippen molar-refractivity contribution in [1.29, 1.82) is 0 Å². The minimum atomic E-state index is -4.30. The van der Waals surface area contributed by atoms with Crippen molar-refractivity contribution >= 4 is 10.2 Å². The standard InChI is InChI=1S/C9H19FO2S/c1-3-4-5-6-7-8-9(2)13(10,11)12/h9H,3-8H2,1-2H3. The van der Waals surface area contributed by atoms with Gasteiger partial charge >= 0.3 is 10.2 Å². The Labute approximate surface area is 80.7 Å². The van der Waals surface area contributed by atoms with Gasteiger partial charge in [-0.2, -0.15) is 8.42 Å². The Kier molecular flexibility index (Phi) is 6.29. The first-order valence-electron chi connectivity index (χ1n) is 4.92. The van der Waals surface area contributed by atoms with Gasteiger partial charge in [0.25, 0.3) is 0 Å². The molecule has 0 aromatic rings. The van der Waals surface area contributed by atoms with Crippen LogP contribution in [0.3, 0.4) is 0 Å². The van der Waals surface area contributed by atoms with Crippen molar-refractivity contribution in [1.82, 2.24) is 0 Å². The lowest BCUT2D eigenvalue weighted by Gasteiger charge is -2.05. The van der Waals surface area contributed by atoms with E-state index in [1.807, 2.05) is 0 Å². The highest BCUT2D eigenvalue weighted by atomic mass is 32.3. The van der Waals surface area contributed by atoms with Gasteiger partial charge in [-0.3, -0.25) is 0 Å². The summed E-state index contributed by atoms with van der Waals surface area (Å²) in [7, 11) is -4.30. The van der Waals surface area contributed by atoms with E-state index in [2.05, 4.69) is 6.92 Å². The number of unbranched alkanes of at least 4 members (excludes halogenated alkanes) is 4. The van der Waals surface area contributed by atoms with E-state index in [4.69, 9.17) is 0 Å². The summed E-state index contributed by atoms with van der Waals surface area (Å²) in [5.41, 5.74) is 0. The number of hydrogen-bond acceptors (Lipinski definition) is 2. The number of hydrogen-bond donors (Lipinski definition) is 0. The van der Waals surface area contributed by atoms with Crippen LogP contribution in [0.1, 0.15) is 52.4 Å². The molecule has 0 rings (SSSR count). The average molecular weight is 210 g/mol. The first kappa shape index (κ1) is 12.9. The molecular weight excluding hydrogens is 191 g/mol. The van der Waals surface area contributed by atoms with Crippen LogP contribution in [0.25, 0.3) is 0 Å². The van der Waals surface area contributed by atoms with Crippen LogP contribution in [0.2, 0.25) is 0 Å². The molecule has 1 atom stereocenters. The lowest BCUT2D eigenvalue weighted by Crippen LogP contribution is -2.11. The molecule has 1 unspecified atom stereocenters. The highest BCUT2D eigenvalue weighted by Crippen LogP contribution is 2.13. The Morgan fingerprint density at radius 3 is 2.15 bits per heavy atom. The maximum absolute atomic E-state index is 12.3. The molecule has 80 valence electrons. The highest BCUT2D eigenvalue weighted by Gasteiger charge is 2.17. The Morgan fingerprint density at radius 1 is 1.15 bits per heavy atom. The van der Waals surface area contributed by atoms with E-state index in [1.165, 1.54) is 13.3 Å². The van der Waals surface area contributed by atoms with E-state index in [0.717, 1.165) is 25.7 Å². The van der Waals surface area contributed by atoms with Crippen molar-refractivity contribution in [2.24, 2.45) is 0 Å². The molecule has 0 saturated carbocycles. The fourth-order valence-corrected chi connectivity index (χ4v) is 1.62. The summed E-state index contributed by atoms with van der Waals surface area (Å²) in [6, 6.07) is 0. The van der Waals surface area contributed by atoms with Gasteiger partial charge in [0.2, 0.25) is 0 Å². The topological polar surface area (TPSA) is 34.1 Å². The minimum absolute atomic E-state index is 0.447. The average Bonchev–Trinajstić information content (AvgIpc) is 2.02. The van der Waals surface area contributed by atoms with Crippen LogP contribution in [0, 0.1) is 0 Å². The fourth-order valence-electron chi connectivity index (χ4n) is 1.18. The zero-order valence-corrected chi connectivity index (χ0v) is 9.24. The van der Waals surface area contributed by atoms with Gasteiger partial charge in [-0.05, 0) is 13.3 Å². The summed E-state index contributed by atoms with van der Waals surface area (Å²) in [4.78, 5) is 0. The third-order valence-corrected chi connectivity index (χ3v) is 3.39. The molecule has 4 heteroatoms. The molecule has 0 aromatic carbocycles. The van der Waals surface area contributed by atoms with Crippen LogP contribution in [0.4, 0.5) is 3.89 Å². The van der Waals surface area contributed by atoms with Crippen LogP contribution in [0.5, 0.6) is 0 Å². The van der Waals surface area contributed by atoms with E-state index < -0.39 is 15.5 Å². The summed E-state index contributed by atoms with van der Waals surface area (Å²) in [6.45, 7) is 3.55. The summed E-state index contributed by atoms with van der Waals surface area (Å²) in [5, 5.41) is -0.825. The lowest BCUT2D eigenvalue weighted by atomic mass is 10.1. The Balaban J connectivity index is 3.44. The molecule has 0 aliphatic carbocycles. The maximum Gasteiger partial charge on any atom is 0.305 e. The summed E-state index contributed by atoms with van der Waals surface area (Å²) in [5.74, 6) is 0. The summed E-state index contributed by atoms with van der Waals surface area (Å²) >= 11 is 0. The molecule has 0 aliphatic heterocycles. The van der Waals surface area contributed by atoms with Gasteiger partial charge in [-0.15, -0.1) is 3.89 Å². The largest absolute Gasteiger partial charge is 0.305 e. The Hall–Kier alpha value is -0.120. The zero-order chi connectivity index (χ0) is 10.3. The molecule has 0 aromatic heterocycles. The summed E-state index contributed by atoms with van der Waals surface area (Å²) in [6.07, 6.45) is 5.73. The first-order valence-corrected chi connectivity index (χ1v) is 6.36. The molecule has 0 heterocycles. The van der Waals surface area contributed by atoms with Crippen LogP contribution >= 0.6 is 0 Å². The van der Waals surface area contributed by atoms with Gasteiger partial charge in [0, 0.05) is 0 Å². The van der Waals surface area contributed by atoms with E-state index in [-0.39, 0.29) is 0 Å². The Bertz CT molecular complexity index is 212. The quantitative estimate of drug-likeness (QED) is 0.478. The molecule has 2 nitrogen and oxygen atoms in total. The van der Waals surface area contributed by atoms with Crippen LogP contribution < -0.4 is 0 Å². The third kappa shape index (κ3) is 6.99. The van der Waals surface area contributed by atoms with E-state index >= 15 is 0 Å². The third-order valence-electron chi connectivity index (χ3n) is 2.19. The highest BCUT2D eigenvalue weighted by molar-refractivity contribution is 7.86. The van der Waals surface area contributed by atoms with E-state index in [9.17, 15) is 12.3 Å².